The van der Waals surface area contributed by atoms with E-state index in [4.69, 9.17) is 0 Å². The monoisotopic (exact) mass is 212 g/mol. The first-order chi connectivity index (χ1) is 7.04. The normalized spacial score (nSPS) is 19.6. The molecular formula is C15H32. The van der Waals surface area contributed by atoms with Crippen LogP contribution >= 0.6 is 0 Å². The minimum absolute atomic E-state index is 0.910. The quantitative estimate of drug-likeness (QED) is 0.497. The first-order valence-electron chi connectivity index (χ1n) is 7.04. The molecule has 3 atom stereocenters. The Bertz CT molecular complexity index is 127. The summed E-state index contributed by atoms with van der Waals surface area (Å²) in [6.45, 7) is 14.2. The van der Waals surface area contributed by atoms with E-state index >= 15 is 0 Å². The van der Waals surface area contributed by atoms with E-state index in [1.54, 1.807) is 0 Å². The molecule has 0 aromatic heterocycles. The van der Waals surface area contributed by atoms with E-state index in [1.165, 1.54) is 32.1 Å². The summed E-state index contributed by atoms with van der Waals surface area (Å²) in [5.41, 5.74) is 0. The zero-order valence-electron chi connectivity index (χ0n) is 11.8. The Hall–Kier alpha value is 0. The molecule has 0 aromatic carbocycles. The van der Waals surface area contributed by atoms with Gasteiger partial charge in [-0.3, -0.25) is 0 Å². The summed E-state index contributed by atoms with van der Waals surface area (Å²) in [7, 11) is 0. The van der Waals surface area contributed by atoms with E-state index in [-0.39, 0.29) is 0 Å². The highest BCUT2D eigenvalue weighted by molar-refractivity contribution is 4.70. The van der Waals surface area contributed by atoms with Crippen LogP contribution in [0.3, 0.4) is 0 Å². The minimum atomic E-state index is 0.910. The summed E-state index contributed by atoms with van der Waals surface area (Å²) in [6, 6.07) is 0. The van der Waals surface area contributed by atoms with Crippen molar-refractivity contribution in [1.29, 1.82) is 0 Å². The van der Waals surface area contributed by atoms with Crippen LogP contribution in [-0.4, -0.2) is 0 Å². The van der Waals surface area contributed by atoms with Gasteiger partial charge in [-0.2, -0.15) is 0 Å². The van der Waals surface area contributed by atoms with Crippen LogP contribution < -0.4 is 0 Å². The van der Waals surface area contributed by atoms with Gasteiger partial charge in [-0.1, -0.05) is 60.8 Å². The van der Waals surface area contributed by atoms with Gasteiger partial charge in [0.05, 0.1) is 0 Å². The summed E-state index contributed by atoms with van der Waals surface area (Å²) >= 11 is 0. The largest absolute Gasteiger partial charge is 0.0651 e. The summed E-state index contributed by atoms with van der Waals surface area (Å²) in [5.74, 6) is 3.69. The SMILES string of the molecule is CCC(C)CC(CC(C)CC)C(C)CC. The van der Waals surface area contributed by atoms with Crippen LogP contribution in [0.4, 0.5) is 0 Å². The predicted molar refractivity (Wildman–Crippen MR) is 71.1 cm³/mol. The highest BCUT2D eigenvalue weighted by atomic mass is 14.3. The van der Waals surface area contributed by atoms with E-state index in [1.807, 2.05) is 0 Å². The summed E-state index contributed by atoms with van der Waals surface area (Å²) < 4.78 is 0. The van der Waals surface area contributed by atoms with Gasteiger partial charge in [0.25, 0.3) is 0 Å². The zero-order chi connectivity index (χ0) is 11.8. The van der Waals surface area contributed by atoms with Crippen LogP contribution in [0.25, 0.3) is 0 Å². The average molecular weight is 212 g/mol. The third kappa shape index (κ3) is 6.22. The number of rotatable bonds is 8. The van der Waals surface area contributed by atoms with Gasteiger partial charge in [0, 0.05) is 0 Å². The highest BCUT2D eigenvalue weighted by Gasteiger charge is 2.19. The fraction of sp³-hybridized carbons (Fsp3) is 1.00. The smallest absolute Gasteiger partial charge is 0.0384 e. The third-order valence-corrected chi connectivity index (χ3v) is 4.25. The van der Waals surface area contributed by atoms with Crippen molar-refractivity contribution < 1.29 is 0 Å². The Morgan fingerprint density at radius 1 is 0.667 bits per heavy atom. The Labute approximate surface area is 97.8 Å². The Morgan fingerprint density at radius 3 is 1.33 bits per heavy atom. The van der Waals surface area contributed by atoms with Gasteiger partial charge in [0.2, 0.25) is 0 Å². The van der Waals surface area contributed by atoms with Crippen molar-refractivity contribution in [2.45, 2.75) is 73.6 Å². The molecule has 0 bridgehead atoms. The molecule has 3 unspecified atom stereocenters. The molecule has 0 spiro atoms. The molecule has 0 aromatic rings. The van der Waals surface area contributed by atoms with E-state index in [9.17, 15) is 0 Å². The van der Waals surface area contributed by atoms with Crippen LogP contribution in [0.15, 0.2) is 0 Å². The van der Waals surface area contributed by atoms with Crippen LogP contribution in [0.2, 0.25) is 0 Å². The van der Waals surface area contributed by atoms with Crippen molar-refractivity contribution in [3.05, 3.63) is 0 Å². The van der Waals surface area contributed by atoms with Crippen molar-refractivity contribution in [3.63, 3.8) is 0 Å². The lowest BCUT2D eigenvalue weighted by Crippen LogP contribution is -2.17. The molecule has 0 heterocycles. The molecule has 0 N–H and O–H groups in total. The first-order valence-corrected chi connectivity index (χ1v) is 7.04. The van der Waals surface area contributed by atoms with Gasteiger partial charge in [-0.25, -0.2) is 0 Å². The van der Waals surface area contributed by atoms with Gasteiger partial charge >= 0.3 is 0 Å². The Morgan fingerprint density at radius 2 is 1.07 bits per heavy atom. The standard InChI is InChI=1S/C15H32/c1-7-12(4)10-15(14(6)9-3)11-13(5)8-2/h12-15H,7-11H2,1-6H3. The molecular weight excluding hydrogens is 180 g/mol. The molecule has 0 amide bonds. The first kappa shape index (κ1) is 15.0. The second-order valence-corrected chi connectivity index (χ2v) is 5.64. The molecule has 0 saturated carbocycles. The van der Waals surface area contributed by atoms with Gasteiger partial charge in [0.1, 0.15) is 0 Å². The third-order valence-electron chi connectivity index (χ3n) is 4.25. The minimum Gasteiger partial charge on any atom is -0.0651 e. The lowest BCUT2D eigenvalue weighted by atomic mass is 9.78. The molecule has 15 heavy (non-hydrogen) atoms. The van der Waals surface area contributed by atoms with Gasteiger partial charge < -0.3 is 0 Å². The molecule has 0 heteroatoms. The molecule has 0 fully saturated rings. The van der Waals surface area contributed by atoms with E-state index in [2.05, 4.69) is 41.5 Å². The second-order valence-electron chi connectivity index (χ2n) is 5.64. The fourth-order valence-corrected chi connectivity index (χ4v) is 2.26. The summed E-state index contributed by atoms with van der Waals surface area (Å²) in [4.78, 5) is 0. The summed E-state index contributed by atoms with van der Waals surface area (Å²) in [5, 5.41) is 0. The molecule has 0 aliphatic heterocycles. The van der Waals surface area contributed by atoms with Crippen molar-refractivity contribution in [2.24, 2.45) is 23.7 Å². The average Bonchev–Trinajstić information content (AvgIpc) is 2.26. The maximum atomic E-state index is 2.44. The van der Waals surface area contributed by atoms with E-state index < -0.39 is 0 Å². The van der Waals surface area contributed by atoms with E-state index in [0.29, 0.717) is 0 Å². The molecule has 0 radical (unpaired) electrons. The van der Waals surface area contributed by atoms with Crippen molar-refractivity contribution in [3.8, 4) is 0 Å². The molecule has 0 aliphatic rings. The summed E-state index contributed by atoms with van der Waals surface area (Å²) in [6.07, 6.45) is 6.91. The molecule has 0 rings (SSSR count). The Kier molecular flexibility index (Phi) is 8.19. The lowest BCUT2D eigenvalue weighted by Gasteiger charge is -2.28. The number of hydrogen-bond acceptors (Lipinski definition) is 0. The fourth-order valence-electron chi connectivity index (χ4n) is 2.26. The van der Waals surface area contributed by atoms with Crippen LogP contribution in [0.1, 0.15) is 73.6 Å². The second kappa shape index (κ2) is 8.19. The van der Waals surface area contributed by atoms with Gasteiger partial charge in [-0.15, -0.1) is 0 Å². The maximum Gasteiger partial charge on any atom is -0.0384 e. The maximum absolute atomic E-state index is 2.44. The lowest BCUT2D eigenvalue weighted by molar-refractivity contribution is 0.232. The Balaban J connectivity index is 4.17. The molecule has 92 valence electrons. The van der Waals surface area contributed by atoms with Crippen molar-refractivity contribution >= 4 is 0 Å². The topological polar surface area (TPSA) is 0 Å². The van der Waals surface area contributed by atoms with E-state index in [0.717, 1.165) is 23.7 Å². The molecule has 0 saturated heterocycles. The van der Waals surface area contributed by atoms with Gasteiger partial charge in [0.15, 0.2) is 0 Å². The van der Waals surface area contributed by atoms with Crippen LogP contribution in [-0.2, 0) is 0 Å². The highest BCUT2D eigenvalue weighted by Crippen LogP contribution is 2.30. The van der Waals surface area contributed by atoms with Crippen molar-refractivity contribution in [2.75, 3.05) is 0 Å². The van der Waals surface area contributed by atoms with Crippen LogP contribution in [0.5, 0.6) is 0 Å². The number of hydrogen-bond donors (Lipinski definition) is 0. The molecule has 0 aliphatic carbocycles. The predicted octanol–water partition coefficient (Wildman–Crippen LogP) is 5.52. The van der Waals surface area contributed by atoms with Crippen molar-refractivity contribution in [1.82, 2.24) is 0 Å². The zero-order valence-corrected chi connectivity index (χ0v) is 11.8. The van der Waals surface area contributed by atoms with Gasteiger partial charge in [-0.05, 0) is 36.5 Å². The van der Waals surface area contributed by atoms with Crippen LogP contribution in [0, 0.1) is 23.7 Å². The molecule has 0 nitrogen and oxygen atoms in total.